The molecule has 1 rings (SSSR count). The summed E-state index contributed by atoms with van der Waals surface area (Å²) >= 11 is 0. The molecule has 0 bridgehead atoms. The van der Waals surface area contributed by atoms with Crippen LogP contribution in [0.3, 0.4) is 0 Å². The van der Waals surface area contributed by atoms with E-state index in [0.29, 0.717) is 0 Å². The molecule has 1 aromatic carbocycles. The van der Waals surface area contributed by atoms with Crippen LogP contribution in [-0.2, 0) is 4.79 Å². The number of carbonyl (C=O) groups is 1. The first kappa shape index (κ1) is 11.5. The molecule has 3 nitrogen and oxygen atoms in total. The van der Waals surface area contributed by atoms with Crippen molar-refractivity contribution in [2.45, 2.75) is 6.92 Å². The first-order valence-electron chi connectivity index (χ1n) is 4.86. The highest BCUT2D eigenvalue weighted by molar-refractivity contribution is 5.94. The van der Waals surface area contributed by atoms with Crippen LogP contribution in [0.25, 0.3) is 5.57 Å². The summed E-state index contributed by atoms with van der Waals surface area (Å²) in [5.41, 5.74) is 1.93. The smallest absolute Gasteiger partial charge is 0.244 e. The van der Waals surface area contributed by atoms with Gasteiger partial charge in [0.15, 0.2) is 0 Å². The van der Waals surface area contributed by atoms with E-state index in [9.17, 15) is 4.79 Å². The zero-order chi connectivity index (χ0) is 11.1. The van der Waals surface area contributed by atoms with Crippen LogP contribution >= 0.6 is 0 Å². The van der Waals surface area contributed by atoms with Gasteiger partial charge in [0.05, 0.1) is 6.61 Å². The SMILES string of the molecule is C/C(=C/C(=O)NCCO)c1ccccc1. The second-order valence-electron chi connectivity index (χ2n) is 3.21. The standard InChI is InChI=1S/C12H15NO2/c1-10(9-12(15)13-7-8-14)11-5-3-2-4-6-11/h2-6,9,14H,7-8H2,1H3,(H,13,15)/b10-9-. The first-order chi connectivity index (χ1) is 7.24. The fourth-order valence-corrected chi connectivity index (χ4v) is 1.21. The van der Waals surface area contributed by atoms with Crippen LogP contribution in [-0.4, -0.2) is 24.2 Å². The Morgan fingerprint density at radius 1 is 1.40 bits per heavy atom. The predicted octanol–water partition coefficient (Wildman–Crippen LogP) is 1.20. The third kappa shape index (κ3) is 3.95. The topological polar surface area (TPSA) is 49.3 Å². The van der Waals surface area contributed by atoms with Crippen LogP contribution in [0.15, 0.2) is 36.4 Å². The molecule has 1 aromatic rings. The molecule has 0 aliphatic carbocycles. The van der Waals surface area contributed by atoms with Gasteiger partial charge in [-0.1, -0.05) is 30.3 Å². The third-order valence-electron chi connectivity index (χ3n) is 1.99. The molecule has 0 saturated carbocycles. The molecule has 0 fully saturated rings. The van der Waals surface area contributed by atoms with Gasteiger partial charge in [0.1, 0.15) is 0 Å². The summed E-state index contributed by atoms with van der Waals surface area (Å²) < 4.78 is 0. The van der Waals surface area contributed by atoms with Crippen LogP contribution in [0.5, 0.6) is 0 Å². The quantitative estimate of drug-likeness (QED) is 0.726. The highest BCUT2D eigenvalue weighted by atomic mass is 16.3. The molecule has 0 heterocycles. The van der Waals surface area contributed by atoms with Gasteiger partial charge in [0, 0.05) is 12.6 Å². The Kier molecular flexibility index (Phi) is 4.57. The Hall–Kier alpha value is -1.61. The van der Waals surface area contributed by atoms with Gasteiger partial charge >= 0.3 is 0 Å². The summed E-state index contributed by atoms with van der Waals surface area (Å²) in [6.07, 6.45) is 1.53. The lowest BCUT2D eigenvalue weighted by atomic mass is 10.1. The van der Waals surface area contributed by atoms with Crippen LogP contribution < -0.4 is 5.32 Å². The first-order valence-corrected chi connectivity index (χ1v) is 4.86. The number of aliphatic hydroxyl groups excluding tert-OH is 1. The van der Waals surface area contributed by atoms with Crippen molar-refractivity contribution < 1.29 is 9.90 Å². The van der Waals surface area contributed by atoms with Crippen molar-refractivity contribution in [1.82, 2.24) is 5.32 Å². The molecule has 0 atom stereocenters. The van der Waals surface area contributed by atoms with E-state index in [1.54, 1.807) is 0 Å². The lowest BCUT2D eigenvalue weighted by Crippen LogP contribution is -2.24. The van der Waals surface area contributed by atoms with Crippen LogP contribution in [0.2, 0.25) is 0 Å². The molecule has 0 spiro atoms. The van der Waals surface area contributed by atoms with Gasteiger partial charge in [-0.15, -0.1) is 0 Å². The average molecular weight is 205 g/mol. The van der Waals surface area contributed by atoms with Gasteiger partial charge in [-0.3, -0.25) is 4.79 Å². The summed E-state index contributed by atoms with van der Waals surface area (Å²) in [7, 11) is 0. The van der Waals surface area contributed by atoms with Gasteiger partial charge in [-0.05, 0) is 18.1 Å². The van der Waals surface area contributed by atoms with Crippen LogP contribution in [0, 0.1) is 0 Å². The maximum Gasteiger partial charge on any atom is 0.244 e. The Labute approximate surface area is 89.4 Å². The normalized spacial score (nSPS) is 11.2. The molecule has 0 aliphatic rings. The molecule has 0 aliphatic heterocycles. The van der Waals surface area contributed by atoms with Crippen molar-refractivity contribution in [3.05, 3.63) is 42.0 Å². The Balaban J connectivity index is 2.64. The van der Waals surface area contributed by atoms with Crippen molar-refractivity contribution >= 4 is 11.5 Å². The Bertz CT molecular complexity index is 344. The molecule has 80 valence electrons. The van der Waals surface area contributed by atoms with E-state index in [4.69, 9.17) is 5.11 Å². The summed E-state index contributed by atoms with van der Waals surface area (Å²) in [5.74, 6) is -0.176. The molecule has 1 amide bonds. The second-order valence-corrected chi connectivity index (χ2v) is 3.21. The zero-order valence-electron chi connectivity index (χ0n) is 8.73. The van der Waals surface area contributed by atoms with E-state index in [1.165, 1.54) is 6.08 Å². The number of rotatable bonds is 4. The number of hydrogen-bond donors (Lipinski definition) is 2. The van der Waals surface area contributed by atoms with Gasteiger partial charge in [-0.25, -0.2) is 0 Å². The Morgan fingerprint density at radius 3 is 2.67 bits per heavy atom. The monoisotopic (exact) mass is 205 g/mol. The van der Waals surface area contributed by atoms with Crippen molar-refractivity contribution in [2.75, 3.05) is 13.2 Å². The van der Waals surface area contributed by atoms with E-state index in [0.717, 1.165) is 11.1 Å². The number of carbonyl (C=O) groups excluding carboxylic acids is 1. The minimum atomic E-state index is -0.176. The summed E-state index contributed by atoms with van der Waals surface area (Å²) in [6.45, 7) is 2.13. The van der Waals surface area contributed by atoms with Crippen LogP contribution in [0.4, 0.5) is 0 Å². The molecular formula is C12H15NO2. The maximum absolute atomic E-state index is 11.3. The minimum Gasteiger partial charge on any atom is -0.395 e. The minimum absolute atomic E-state index is 0.0377. The van der Waals surface area contributed by atoms with Gasteiger partial charge in [0.2, 0.25) is 5.91 Å². The lowest BCUT2D eigenvalue weighted by Gasteiger charge is -2.02. The second kappa shape index (κ2) is 5.98. The highest BCUT2D eigenvalue weighted by Crippen LogP contribution is 2.11. The molecule has 0 saturated heterocycles. The number of benzene rings is 1. The molecule has 0 radical (unpaired) electrons. The predicted molar refractivity (Wildman–Crippen MR) is 60.2 cm³/mol. The van der Waals surface area contributed by atoms with E-state index in [1.807, 2.05) is 37.3 Å². The average Bonchev–Trinajstić information content (AvgIpc) is 2.27. The molecule has 2 N–H and O–H groups in total. The fraction of sp³-hybridized carbons (Fsp3) is 0.250. The van der Waals surface area contributed by atoms with Gasteiger partial charge < -0.3 is 10.4 Å². The lowest BCUT2D eigenvalue weighted by molar-refractivity contribution is -0.116. The van der Waals surface area contributed by atoms with E-state index < -0.39 is 0 Å². The van der Waals surface area contributed by atoms with E-state index in [2.05, 4.69) is 5.32 Å². The molecular weight excluding hydrogens is 190 g/mol. The van der Waals surface area contributed by atoms with Crippen molar-refractivity contribution in [3.63, 3.8) is 0 Å². The zero-order valence-corrected chi connectivity index (χ0v) is 8.73. The summed E-state index contributed by atoms with van der Waals surface area (Å²) in [6, 6.07) is 9.69. The summed E-state index contributed by atoms with van der Waals surface area (Å²) in [5, 5.41) is 11.1. The molecule has 15 heavy (non-hydrogen) atoms. The van der Waals surface area contributed by atoms with E-state index in [-0.39, 0.29) is 19.1 Å². The number of hydrogen-bond acceptors (Lipinski definition) is 2. The number of amides is 1. The number of nitrogens with one attached hydrogen (secondary N) is 1. The number of allylic oxidation sites excluding steroid dienone is 1. The Morgan fingerprint density at radius 2 is 2.07 bits per heavy atom. The molecule has 0 unspecified atom stereocenters. The molecule has 0 aromatic heterocycles. The van der Waals surface area contributed by atoms with Gasteiger partial charge in [-0.2, -0.15) is 0 Å². The van der Waals surface area contributed by atoms with Crippen LogP contribution in [0.1, 0.15) is 12.5 Å². The number of aliphatic hydroxyl groups is 1. The van der Waals surface area contributed by atoms with Gasteiger partial charge in [0.25, 0.3) is 0 Å². The fourth-order valence-electron chi connectivity index (χ4n) is 1.21. The third-order valence-corrected chi connectivity index (χ3v) is 1.99. The van der Waals surface area contributed by atoms with E-state index >= 15 is 0 Å². The van der Waals surface area contributed by atoms with Crippen molar-refractivity contribution in [3.8, 4) is 0 Å². The van der Waals surface area contributed by atoms with Crippen molar-refractivity contribution in [2.24, 2.45) is 0 Å². The highest BCUT2D eigenvalue weighted by Gasteiger charge is 1.98. The molecule has 3 heteroatoms. The maximum atomic E-state index is 11.3. The van der Waals surface area contributed by atoms with Crippen molar-refractivity contribution in [1.29, 1.82) is 0 Å². The largest absolute Gasteiger partial charge is 0.395 e. The summed E-state index contributed by atoms with van der Waals surface area (Å²) in [4.78, 5) is 11.3.